The van der Waals surface area contributed by atoms with E-state index in [4.69, 9.17) is 13.9 Å². The summed E-state index contributed by atoms with van der Waals surface area (Å²) < 4.78 is 82.7. The van der Waals surface area contributed by atoms with Gasteiger partial charge in [0, 0.05) is 6.54 Å². The van der Waals surface area contributed by atoms with Gasteiger partial charge in [-0.3, -0.25) is 0 Å². The van der Waals surface area contributed by atoms with E-state index >= 15 is 0 Å². The molecule has 0 bridgehead atoms. The molecule has 0 aliphatic carbocycles. The van der Waals surface area contributed by atoms with Crippen LogP contribution in [0.15, 0.2) is 0 Å². The lowest BCUT2D eigenvalue weighted by Gasteiger charge is -2.23. The average Bonchev–Trinajstić information content (AvgIpc) is 2.63. The second-order valence-electron chi connectivity index (χ2n) is 6.56. The summed E-state index contributed by atoms with van der Waals surface area (Å²) in [5.41, 5.74) is -1.41. The normalized spacial score (nSPS) is 12.0. The zero-order valence-corrected chi connectivity index (χ0v) is 18.0. The van der Waals surface area contributed by atoms with Gasteiger partial charge in [-0.1, -0.05) is 0 Å². The van der Waals surface area contributed by atoms with E-state index in [1.165, 1.54) is 0 Å². The Bertz CT molecular complexity index is 655. The number of rotatable bonds is 11. The molecule has 2 N–H and O–H groups in total. The summed E-state index contributed by atoms with van der Waals surface area (Å²) in [6.07, 6.45) is 0.312. The largest absolute Gasteiger partial charge is 0.379 e. The van der Waals surface area contributed by atoms with E-state index in [1.54, 1.807) is 5.32 Å². The Kier molecular flexibility index (Phi) is 10.5. The molecule has 6 nitrogen and oxygen atoms in total. The molecule has 1 rings (SSSR count). The van der Waals surface area contributed by atoms with Crippen molar-refractivity contribution in [1.29, 1.82) is 0 Å². The first-order chi connectivity index (χ1) is 13.5. The molecule has 1 aromatic carbocycles. The van der Waals surface area contributed by atoms with Gasteiger partial charge in [-0.2, -0.15) is 0 Å². The molecule has 0 saturated heterocycles. The fourth-order valence-corrected chi connectivity index (χ4v) is 3.01. The molecule has 166 valence electrons. The SMILES string of the molecule is CC(C)OC(O[SiH2]CCCNC(=O)Nc1c(F)c(F)c(F)c(F)c1F)OC(C)C. The topological polar surface area (TPSA) is 68.8 Å². The number of anilines is 1. The van der Waals surface area contributed by atoms with E-state index in [9.17, 15) is 26.7 Å². The highest BCUT2D eigenvalue weighted by Gasteiger charge is 2.26. The third kappa shape index (κ3) is 8.24. The van der Waals surface area contributed by atoms with Crippen molar-refractivity contribution in [2.45, 2.75) is 58.8 Å². The summed E-state index contributed by atoms with van der Waals surface area (Å²) in [6, 6.07) is -0.470. The highest BCUT2D eigenvalue weighted by Crippen LogP contribution is 2.26. The number of benzene rings is 1. The molecule has 0 saturated carbocycles. The zero-order chi connectivity index (χ0) is 22.1. The Hall–Kier alpha value is -1.76. The van der Waals surface area contributed by atoms with Gasteiger partial charge in [0.2, 0.25) is 5.82 Å². The van der Waals surface area contributed by atoms with Gasteiger partial charge < -0.3 is 24.5 Å². The van der Waals surface area contributed by atoms with Crippen LogP contribution in [0.25, 0.3) is 0 Å². The average molecular weight is 444 g/mol. The van der Waals surface area contributed by atoms with Crippen LogP contribution in [0.1, 0.15) is 34.1 Å². The van der Waals surface area contributed by atoms with Crippen molar-refractivity contribution >= 4 is 21.5 Å². The molecule has 0 aromatic heterocycles. The number of hydrogen-bond donors (Lipinski definition) is 2. The van der Waals surface area contributed by atoms with Crippen LogP contribution in [0, 0.1) is 29.1 Å². The number of carbonyl (C=O) groups excluding carboxylic acids is 1. The van der Waals surface area contributed by atoms with Crippen LogP contribution >= 0.6 is 0 Å². The zero-order valence-electron chi connectivity index (χ0n) is 16.6. The summed E-state index contributed by atoms with van der Waals surface area (Å²) in [6.45, 7) is 6.71. The molecule has 0 spiro atoms. The van der Waals surface area contributed by atoms with Crippen LogP contribution in [-0.4, -0.2) is 41.0 Å². The maximum absolute atomic E-state index is 13.5. The Morgan fingerprint density at radius 3 is 1.86 bits per heavy atom. The molecule has 0 atom stereocenters. The molecule has 2 amide bonds. The summed E-state index contributed by atoms with van der Waals surface area (Å²) in [4.78, 5) is 11.7. The molecule has 1 aromatic rings. The summed E-state index contributed by atoms with van der Waals surface area (Å²) in [5, 5.41) is 3.91. The predicted molar refractivity (Wildman–Crippen MR) is 98.5 cm³/mol. The van der Waals surface area contributed by atoms with Gasteiger partial charge in [0.05, 0.1) is 12.2 Å². The number of carbonyl (C=O) groups is 1. The van der Waals surface area contributed by atoms with Gasteiger partial charge in [0.25, 0.3) is 6.48 Å². The van der Waals surface area contributed by atoms with E-state index in [2.05, 4.69) is 5.32 Å². The second-order valence-corrected chi connectivity index (χ2v) is 8.01. The van der Waals surface area contributed by atoms with E-state index in [1.807, 2.05) is 27.7 Å². The second kappa shape index (κ2) is 12.1. The highest BCUT2D eigenvalue weighted by molar-refractivity contribution is 6.27. The quantitative estimate of drug-likeness (QED) is 0.137. The molecule has 0 fully saturated rings. The van der Waals surface area contributed by atoms with Crippen molar-refractivity contribution < 1.29 is 40.6 Å². The number of halogens is 5. The van der Waals surface area contributed by atoms with Crippen LogP contribution in [0.5, 0.6) is 0 Å². The number of ether oxygens (including phenoxy) is 2. The highest BCUT2D eigenvalue weighted by atomic mass is 28.2. The smallest absolute Gasteiger partial charge is 0.319 e. The van der Waals surface area contributed by atoms with E-state index in [0.717, 1.165) is 0 Å². The van der Waals surface area contributed by atoms with Crippen molar-refractivity contribution in [2.75, 3.05) is 11.9 Å². The van der Waals surface area contributed by atoms with Gasteiger partial charge in [-0.25, -0.2) is 26.7 Å². The maximum Gasteiger partial charge on any atom is 0.319 e. The van der Waals surface area contributed by atoms with Gasteiger partial charge in [-0.05, 0) is 40.2 Å². The Labute approximate surface area is 168 Å². The van der Waals surface area contributed by atoms with Crippen LogP contribution in [-0.2, 0) is 13.9 Å². The molecule has 0 aliphatic heterocycles. The van der Waals surface area contributed by atoms with E-state index in [0.29, 0.717) is 12.5 Å². The molecule has 0 radical (unpaired) electrons. The first-order valence-corrected chi connectivity index (χ1v) is 10.6. The van der Waals surface area contributed by atoms with Gasteiger partial charge in [0.1, 0.15) is 5.69 Å². The molecular weight excluding hydrogens is 419 g/mol. The lowest BCUT2D eigenvalue weighted by atomic mass is 10.2. The Morgan fingerprint density at radius 1 is 0.897 bits per heavy atom. The van der Waals surface area contributed by atoms with Crippen LogP contribution in [0.4, 0.5) is 32.4 Å². The summed E-state index contributed by atoms with van der Waals surface area (Å²) >= 11 is 0. The van der Waals surface area contributed by atoms with Crippen molar-refractivity contribution in [3.63, 3.8) is 0 Å². The molecule has 0 aliphatic rings. The van der Waals surface area contributed by atoms with E-state index in [-0.39, 0.29) is 18.8 Å². The number of urea groups is 1. The molecule has 0 unspecified atom stereocenters. The maximum atomic E-state index is 13.5. The number of hydrogen-bond acceptors (Lipinski definition) is 4. The van der Waals surface area contributed by atoms with Gasteiger partial charge >= 0.3 is 6.03 Å². The van der Waals surface area contributed by atoms with E-state index < -0.39 is 57.0 Å². The lowest BCUT2D eigenvalue weighted by molar-refractivity contribution is -0.275. The van der Waals surface area contributed by atoms with Crippen LogP contribution in [0.3, 0.4) is 0 Å². The molecule has 0 heterocycles. The summed E-state index contributed by atoms with van der Waals surface area (Å²) in [7, 11) is -1.03. The first-order valence-electron chi connectivity index (χ1n) is 9.03. The minimum Gasteiger partial charge on any atom is -0.379 e. The minimum atomic E-state index is -2.29. The number of nitrogens with one attached hydrogen (secondary N) is 2. The molecule has 12 heteroatoms. The summed E-state index contributed by atoms with van der Waals surface area (Å²) in [5.74, 6) is -10.8. The van der Waals surface area contributed by atoms with Crippen molar-refractivity contribution in [1.82, 2.24) is 5.32 Å². The third-order valence-electron chi connectivity index (χ3n) is 3.33. The number of amides is 2. The van der Waals surface area contributed by atoms with Crippen molar-refractivity contribution in [3.05, 3.63) is 29.1 Å². The van der Waals surface area contributed by atoms with Crippen molar-refractivity contribution in [3.8, 4) is 0 Å². The van der Waals surface area contributed by atoms with Crippen LogP contribution in [0.2, 0.25) is 6.04 Å². The van der Waals surface area contributed by atoms with Gasteiger partial charge in [0.15, 0.2) is 33.0 Å². The standard InChI is InChI=1S/C17H25F5N2O4Si/c1-8(2)26-17(27-9(3)4)28-29-7-5-6-23-16(25)24-15-13(21)11(19)10(18)12(20)14(15)22/h8-9,17H,5-7,29H2,1-4H3,(H2,23,24,25). The monoisotopic (exact) mass is 444 g/mol. The van der Waals surface area contributed by atoms with Gasteiger partial charge in [-0.15, -0.1) is 0 Å². The fraction of sp³-hybridized carbons (Fsp3) is 0.588. The Morgan fingerprint density at radius 2 is 1.38 bits per heavy atom. The third-order valence-corrected chi connectivity index (χ3v) is 4.62. The Balaban J connectivity index is 2.40. The molecular formula is C17H25F5N2O4Si. The predicted octanol–water partition coefficient (Wildman–Crippen LogP) is 3.55. The van der Waals surface area contributed by atoms with Crippen molar-refractivity contribution in [2.24, 2.45) is 0 Å². The van der Waals surface area contributed by atoms with Crippen LogP contribution < -0.4 is 10.6 Å². The first kappa shape index (κ1) is 25.3. The lowest BCUT2D eigenvalue weighted by Crippen LogP contribution is -2.31. The molecule has 29 heavy (non-hydrogen) atoms. The minimum absolute atomic E-state index is 0.0833. The fourth-order valence-electron chi connectivity index (χ4n) is 2.04.